The van der Waals surface area contributed by atoms with Crippen LogP contribution in [0.1, 0.15) is 53.5 Å². The summed E-state index contributed by atoms with van der Waals surface area (Å²) in [6.45, 7) is 5.89. The molecule has 0 aliphatic rings. The number of halogens is 1. The maximum atomic E-state index is 12.9. The van der Waals surface area contributed by atoms with Crippen LogP contribution in [0.25, 0.3) is 0 Å². The molecule has 0 spiro atoms. The zero-order valence-corrected chi connectivity index (χ0v) is 14.2. The Morgan fingerprint density at radius 2 is 1.75 bits per heavy atom. The fourth-order valence-corrected chi connectivity index (χ4v) is 2.46. The van der Waals surface area contributed by atoms with E-state index in [1.54, 1.807) is 12.1 Å². The van der Waals surface area contributed by atoms with E-state index in [9.17, 15) is 14.0 Å². The lowest BCUT2D eigenvalue weighted by Gasteiger charge is -2.13. The SMILES string of the molecule is CCc1cc(NC(=O)c2ccc(F)cc2)ccc1C(=O)C(C)CC. The normalized spacial score (nSPS) is 11.8. The fourth-order valence-electron chi connectivity index (χ4n) is 2.46. The summed E-state index contributed by atoms with van der Waals surface area (Å²) in [7, 11) is 0. The minimum absolute atomic E-state index is 0.0186. The average molecular weight is 327 g/mol. The summed E-state index contributed by atoms with van der Waals surface area (Å²) in [6.07, 6.45) is 1.50. The van der Waals surface area contributed by atoms with Crippen LogP contribution in [0.2, 0.25) is 0 Å². The summed E-state index contributed by atoms with van der Waals surface area (Å²) < 4.78 is 12.9. The van der Waals surface area contributed by atoms with Crippen molar-refractivity contribution in [2.24, 2.45) is 5.92 Å². The van der Waals surface area contributed by atoms with Crippen LogP contribution >= 0.6 is 0 Å². The zero-order chi connectivity index (χ0) is 17.7. The molecule has 1 N–H and O–H groups in total. The number of hydrogen-bond acceptors (Lipinski definition) is 2. The van der Waals surface area contributed by atoms with E-state index in [2.05, 4.69) is 5.32 Å². The van der Waals surface area contributed by atoms with Gasteiger partial charge in [-0.05, 0) is 60.9 Å². The van der Waals surface area contributed by atoms with Gasteiger partial charge < -0.3 is 5.32 Å². The Hall–Kier alpha value is -2.49. The summed E-state index contributed by atoms with van der Waals surface area (Å²) >= 11 is 0. The van der Waals surface area contributed by atoms with Gasteiger partial charge in [-0.1, -0.05) is 20.8 Å². The van der Waals surface area contributed by atoms with Crippen LogP contribution in [0.3, 0.4) is 0 Å². The van der Waals surface area contributed by atoms with Gasteiger partial charge in [0, 0.05) is 22.7 Å². The van der Waals surface area contributed by atoms with E-state index < -0.39 is 0 Å². The van der Waals surface area contributed by atoms with Crippen LogP contribution in [-0.2, 0) is 6.42 Å². The number of rotatable bonds is 6. The monoisotopic (exact) mass is 327 g/mol. The van der Waals surface area contributed by atoms with Gasteiger partial charge in [0.15, 0.2) is 5.78 Å². The van der Waals surface area contributed by atoms with Gasteiger partial charge in [-0.3, -0.25) is 9.59 Å². The Labute approximate surface area is 141 Å². The van der Waals surface area contributed by atoms with Crippen molar-refractivity contribution < 1.29 is 14.0 Å². The molecule has 2 aromatic rings. The lowest BCUT2D eigenvalue weighted by Crippen LogP contribution is -2.15. The molecule has 4 heteroatoms. The van der Waals surface area contributed by atoms with E-state index in [0.29, 0.717) is 23.2 Å². The van der Waals surface area contributed by atoms with Gasteiger partial charge in [0.2, 0.25) is 0 Å². The maximum Gasteiger partial charge on any atom is 0.255 e. The van der Waals surface area contributed by atoms with E-state index in [0.717, 1.165) is 12.0 Å². The topological polar surface area (TPSA) is 46.2 Å². The highest BCUT2D eigenvalue weighted by Crippen LogP contribution is 2.21. The molecule has 2 aromatic carbocycles. The lowest BCUT2D eigenvalue weighted by atomic mass is 9.92. The van der Waals surface area contributed by atoms with E-state index in [1.807, 2.05) is 26.8 Å². The predicted octanol–water partition coefficient (Wildman–Crippen LogP) is 4.87. The highest BCUT2D eigenvalue weighted by atomic mass is 19.1. The second-order valence-corrected chi connectivity index (χ2v) is 5.86. The number of carbonyl (C=O) groups excluding carboxylic acids is 2. The van der Waals surface area contributed by atoms with Crippen LogP contribution in [0.5, 0.6) is 0 Å². The Balaban J connectivity index is 2.21. The molecule has 1 amide bonds. The Bertz CT molecular complexity index is 738. The van der Waals surface area contributed by atoms with Crippen molar-refractivity contribution in [3.8, 4) is 0 Å². The predicted molar refractivity (Wildman–Crippen MR) is 94.0 cm³/mol. The third kappa shape index (κ3) is 4.07. The number of aryl methyl sites for hydroxylation is 1. The van der Waals surface area contributed by atoms with Crippen LogP contribution in [0, 0.1) is 11.7 Å². The molecule has 0 radical (unpaired) electrons. The molecule has 0 bridgehead atoms. The molecule has 0 aliphatic carbocycles. The second kappa shape index (κ2) is 7.86. The summed E-state index contributed by atoms with van der Waals surface area (Å²) in [5.74, 6) is -0.577. The molecule has 0 aliphatic heterocycles. The zero-order valence-electron chi connectivity index (χ0n) is 14.2. The number of hydrogen-bond donors (Lipinski definition) is 1. The molecular formula is C20H22FNO2. The number of anilines is 1. The van der Waals surface area contributed by atoms with Crippen molar-refractivity contribution in [1.29, 1.82) is 0 Å². The van der Waals surface area contributed by atoms with Crippen molar-refractivity contribution in [1.82, 2.24) is 0 Å². The Morgan fingerprint density at radius 1 is 1.08 bits per heavy atom. The van der Waals surface area contributed by atoms with Crippen molar-refractivity contribution in [2.45, 2.75) is 33.6 Å². The van der Waals surface area contributed by atoms with Gasteiger partial charge in [-0.25, -0.2) is 4.39 Å². The molecule has 1 unspecified atom stereocenters. The minimum Gasteiger partial charge on any atom is -0.322 e. The van der Waals surface area contributed by atoms with Gasteiger partial charge in [0.05, 0.1) is 0 Å². The van der Waals surface area contributed by atoms with Gasteiger partial charge in [0.25, 0.3) is 5.91 Å². The highest BCUT2D eigenvalue weighted by molar-refractivity contribution is 6.05. The molecule has 0 heterocycles. The van der Waals surface area contributed by atoms with Crippen molar-refractivity contribution in [3.63, 3.8) is 0 Å². The number of ketones is 1. The molecule has 3 nitrogen and oxygen atoms in total. The lowest BCUT2D eigenvalue weighted by molar-refractivity contribution is 0.0926. The molecule has 0 aromatic heterocycles. The third-order valence-electron chi connectivity index (χ3n) is 4.18. The Morgan fingerprint density at radius 3 is 2.33 bits per heavy atom. The molecule has 126 valence electrons. The number of carbonyl (C=O) groups is 2. The van der Waals surface area contributed by atoms with Crippen LogP contribution in [-0.4, -0.2) is 11.7 Å². The molecule has 0 fully saturated rings. The summed E-state index contributed by atoms with van der Waals surface area (Å²) in [4.78, 5) is 24.6. The smallest absolute Gasteiger partial charge is 0.255 e. The molecule has 0 saturated carbocycles. The van der Waals surface area contributed by atoms with E-state index in [4.69, 9.17) is 0 Å². The van der Waals surface area contributed by atoms with Gasteiger partial charge in [-0.15, -0.1) is 0 Å². The van der Waals surface area contributed by atoms with Gasteiger partial charge in [0.1, 0.15) is 5.82 Å². The first-order chi connectivity index (χ1) is 11.5. The average Bonchev–Trinajstić information content (AvgIpc) is 2.60. The second-order valence-electron chi connectivity index (χ2n) is 5.86. The number of benzene rings is 2. The number of amides is 1. The van der Waals surface area contributed by atoms with Gasteiger partial charge >= 0.3 is 0 Å². The first kappa shape index (κ1) is 17.9. The highest BCUT2D eigenvalue weighted by Gasteiger charge is 2.17. The summed E-state index contributed by atoms with van der Waals surface area (Å²) in [6, 6.07) is 10.7. The van der Waals surface area contributed by atoms with E-state index in [-0.39, 0.29) is 23.4 Å². The molecule has 24 heavy (non-hydrogen) atoms. The van der Waals surface area contributed by atoms with Crippen LogP contribution < -0.4 is 5.32 Å². The van der Waals surface area contributed by atoms with Crippen molar-refractivity contribution in [2.75, 3.05) is 5.32 Å². The van der Waals surface area contributed by atoms with E-state index >= 15 is 0 Å². The summed E-state index contributed by atoms with van der Waals surface area (Å²) in [5.41, 5.74) is 2.64. The molecule has 2 rings (SSSR count). The van der Waals surface area contributed by atoms with Crippen LogP contribution in [0.15, 0.2) is 42.5 Å². The first-order valence-electron chi connectivity index (χ1n) is 8.20. The Kier molecular flexibility index (Phi) is 5.85. The number of nitrogens with one attached hydrogen (secondary N) is 1. The van der Waals surface area contributed by atoms with E-state index in [1.165, 1.54) is 24.3 Å². The summed E-state index contributed by atoms with van der Waals surface area (Å²) in [5, 5.41) is 2.79. The van der Waals surface area contributed by atoms with Crippen LogP contribution in [0.4, 0.5) is 10.1 Å². The van der Waals surface area contributed by atoms with Crippen molar-refractivity contribution >= 4 is 17.4 Å². The van der Waals surface area contributed by atoms with Gasteiger partial charge in [-0.2, -0.15) is 0 Å². The third-order valence-corrected chi connectivity index (χ3v) is 4.18. The molecular weight excluding hydrogens is 305 g/mol. The standard InChI is InChI=1S/C20H22FNO2/c1-4-13(3)19(23)18-11-10-17(12-14(18)5-2)22-20(24)15-6-8-16(21)9-7-15/h6-13H,4-5H2,1-3H3,(H,22,24). The van der Waals surface area contributed by atoms with Crippen molar-refractivity contribution in [3.05, 3.63) is 65.0 Å². The first-order valence-corrected chi connectivity index (χ1v) is 8.20. The maximum absolute atomic E-state index is 12.9. The quantitative estimate of drug-likeness (QED) is 0.769. The number of Topliss-reactive ketones (excluding diaryl/α,β-unsaturated/α-hetero) is 1. The molecule has 0 saturated heterocycles. The fraction of sp³-hybridized carbons (Fsp3) is 0.300. The minimum atomic E-state index is -0.382. The largest absolute Gasteiger partial charge is 0.322 e. The molecule has 1 atom stereocenters.